The minimum absolute atomic E-state index is 0. The minimum atomic E-state index is 0. The van der Waals surface area contributed by atoms with Crippen LogP contribution in [-0.4, -0.2) is 30.4 Å². The van der Waals surface area contributed by atoms with Gasteiger partial charge < -0.3 is 10.1 Å². The molecule has 0 saturated carbocycles. The number of benzene rings is 1. The van der Waals surface area contributed by atoms with Crippen molar-refractivity contribution in [2.24, 2.45) is 0 Å². The van der Waals surface area contributed by atoms with E-state index in [0.29, 0.717) is 5.84 Å². The lowest BCUT2D eigenvalue weighted by Crippen LogP contribution is -2.25. The molecule has 0 spiro atoms. The lowest BCUT2D eigenvalue weighted by Gasteiger charge is -2.16. The van der Waals surface area contributed by atoms with Crippen LogP contribution in [0.4, 0.5) is 5.69 Å². The molecule has 0 aliphatic carbocycles. The van der Waals surface area contributed by atoms with Gasteiger partial charge in [0.25, 0.3) is 0 Å². The molecule has 1 aromatic carbocycles. The largest absolute Gasteiger partial charge is 0.492 e. The molecule has 126 valence electrons. The maximum atomic E-state index is 8.10. The average molecular weight is 374 g/mol. The van der Waals surface area contributed by atoms with E-state index in [4.69, 9.17) is 10.1 Å². The smallest absolute Gasteiger partial charge is 0.140 e. The molecule has 1 aromatic heterocycles. The van der Waals surface area contributed by atoms with E-state index in [1.54, 1.807) is 11.3 Å². The summed E-state index contributed by atoms with van der Waals surface area (Å²) in [7, 11) is 0. The molecule has 0 atom stereocenters. The van der Waals surface area contributed by atoms with Gasteiger partial charge in [0, 0.05) is 24.3 Å². The molecule has 1 aliphatic rings. The standard InChI is InChI=1S/C16H19N3OS.2ClH/c1-2-19-7-8-20-14-6-5-13(10-12(14)11-19)18-16(17)15-4-3-9-21-15;;/h3-6,9-10H,2,7-8,11H2,1H3,(H2,17,18);2*1H. The molecule has 7 heteroatoms. The van der Waals surface area contributed by atoms with E-state index >= 15 is 0 Å². The zero-order valence-corrected chi connectivity index (χ0v) is 15.3. The highest BCUT2D eigenvalue weighted by atomic mass is 35.5. The van der Waals surface area contributed by atoms with E-state index in [0.717, 1.165) is 42.6 Å². The van der Waals surface area contributed by atoms with E-state index in [-0.39, 0.29) is 24.8 Å². The van der Waals surface area contributed by atoms with Gasteiger partial charge in [0.1, 0.15) is 18.2 Å². The number of nitrogens with one attached hydrogen (secondary N) is 2. The predicted molar refractivity (Wildman–Crippen MR) is 102 cm³/mol. The highest BCUT2D eigenvalue weighted by molar-refractivity contribution is 7.12. The Morgan fingerprint density at radius 3 is 2.87 bits per heavy atom. The van der Waals surface area contributed by atoms with Crippen LogP contribution in [0.1, 0.15) is 17.4 Å². The highest BCUT2D eigenvalue weighted by Crippen LogP contribution is 2.26. The molecule has 2 aromatic rings. The summed E-state index contributed by atoms with van der Waals surface area (Å²) >= 11 is 1.57. The van der Waals surface area contributed by atoms with Crippen LogP contribution in [0.2, 0.25) is 0 Å². The fourth-order valence-electron chi connectivity index (χ4n) is 2.42. The number of nitrogens with zero attached hydrogens (tertiary/aromatic N) is 1. The van der Waals surface area contributed by atoms with Crippen molar-refractivity contribution >= 4 is 47.7 Å². The summed E-state index contributed by atoms with van der Waals surface area (Å²) < 4.78 is 5.79. The first-order valence-electron chi connectivity index (χ1n) is 7.14. The van der Waals surface area contributed by atoms with Crippen molar-refractivity contribution < 1.29 is 4.74 Å². The van der Waals surface area contributed by atoms with E-state index in [1.807, 2.05) is 29.6 Å². The van der Waals surface area contributed by atoms with Gasteiger partial charge in [-0.15, -0.1) is 36.2 Å². The van der Waals surface area contributed by atoms with Gasteiger partial charge in [-0.25, -0.2) is 0 Å². The molecule has 0 fully saturated rings. The summed E-state index contributed by atoms with van der Waals surface area (Å²) in [5, 5.41) is 13.2. The van der Waals surface area contributed by atoms with Gasteiger partial charge in [0.05, 0.1) is 4.88 Å². The summed E-state index contributed by atoms with van der Waals surface area (Å²) in [6, 6.07) is 9.97. The van der Waals surface area contributed by atoms with Gasteiger partial charge >= 0.3 is 0 Å². The number of amidine groups is 1. The second-order valence-electron chi connectivity index (χ2n) is 5.02. The van der Waals surface area contributed by atoms with Crippen molar-refractivity contribution in [1.29, 1.82) is 5.41 Å². The van der Waals surface area contributed by atoms with Crippen LogP contribution in [0.25, 0.3) is 0 Å². The predicted octanol–water partition coefficient (Wildman–Crippen LogP) is 4.24. The zero-order chi connectivity index (χ0) is 14.7. The minimum Gasteiger partial charge on any atom is -0.492 e. The number of rotatable bonds is 3. The van der Waals surface area contributed by atoms with E-state index in [2.05, 4.69) is 23.2 Å². The fourth-order valence-corrected chi connectivity index (χ4v) is 3.05. The third-order valence-electron chi connectivity index (χ3n) is 3.60. The van der Waals surface area contributed by atoms with Crippen LogP contribution < -0.4 is 10.1 Å². The topological polar surface area (TPSA) is 48.4 Å². The van der Waals surface area contributed by atoms with Gasteiger partial charge in [0.2, 0.25) is 0 Å². The Morgan fingerprint density at radius 1 is 1.35 bits per heavy atom. The van der Waals surface area contributed by atoms with Crippen LogP contribution in [0.5, 0.6) is 5.75 Å². The van der Waals surface area contributed by atoms with Gasteiger partial charge in [-0.1, -0.05) is 13.0 Å². The first kappa shape index (κ1) is 19.8. The molecule has 4 nitrogen and oxygen atoms in total. The number of likely N-dealkylation sites (N-methyl/N-ethyl adjacent to an activating group) is 1. The van der Waals surface area contributed by atoms with Crippen molar-refractivity contribution in [2.75, 3.05) is 25.0 Å². The van der Waals surface area contributed by atoms with E-state index in [1.165, 1.54) is 5.56 Å². The summed E-state index contributed by atoms with van der Waals surface area (Å²) in [6.45, 7) is 5.77. The number of ether oxygens (including phenoxy) is 1. The van der Waals surface area contributed by atoms with Crippen LogP contribution in [0.15, 0.2) is 35.7 Å². The molecule has 0 bridgehead atoms. The van der Waals surface area contributed by atoms with Crippen LogP contribution >= 0.6 is 36.2 Å². The lowest BCUT2D eigenvalue weighted by atomic mass is 10.1. The average Bonchev–Trinajstić information content (AvgIpc) is 2.95. The highest BCUT2D eigenvalue weighted by Gasteiger charge is 2.15. The number of anilines is 1. The van der Waals surface area contributed by atoms with Gasteiger partial charge in [0.15, 0.2) is 0 Å². The van der Waals surface area contributed by atoms with Crippen molar-refractivity contribution in [3.05, 3.63) is 46.2 Å². The summed E-state index contributed by atoms with van der Waals surface area (Å²) in [5.41, 5.74) is 2.12. The van der Waals surface area contributed by atoms with Crippen LogP contribution in [-0.2, 0) is 6.54 Å². The number of thiophene rings is 1. The first-order chi connectivity index (χ1) is 10.3. The van der Waals surface area contributed by atoms with Gasteiger partial charge in [-0.2, -0.15) is 0 Å². The fraction of sp³-hybridized carbons (Fsp3) is 0.312. The van der Waals surface area contributed by atoms with Crippen molar-refractivity contribution in [1.82, 2.24) is 4.90 Å². The summed E-state index contributed by atoms with van der Waals surface area (Å²) in [4.78, 5) is 3.30. The number of hydrogen-bond donors (Lipinski definition) is 2. The molecule has 0 amide bonds. The Kier molecular flexibility index (Phi) is 7.85. The second-order valence-corrected chi connectivity index (χ2v) is 5.96. The second kappa shape index (κ2) is 9.13. The Balaban J connectivity index is 0.00000132. The van der Waals surface area contributed by atoms with E-state index < -0.39 is 0 Å². The first-order valence-corrected chi connectivity index (χ1v) is 8.01. The molecule has 1 aliphatic heterocycles. The third kappa shape index (κ3) is 4.85. The van der Waals surface area contributed by atoms with Crippen LogP contribution in [0, 0.1) is 5.41 Å². The molecule has 2 N–H and O–H groups in total. The Bertz CT molecular complexity index is 634. The molecule has 0 radical (unpaired) electrons. The zero-order valence-electron chi connectivity index (χ0n) is 12.9. The van der Waals surface area contributed by atoms with Crippen molar-refractivity contribution in [2.45, 2.75) is 13.5 Å². The number of halogens is 2. The molecule has 0 unspecified atom stereocenters. The molecule has 0 saturated heterocycles. The Labute approximate surface area is 153 Å². The summed E-state index contributed by atoms with van der Waals surface area (Å²) in [5.74, 6) is 1.39. The molecule has 2 heterocycles. The normalized spacial score (nSPS) is 13.6. The Hall–Kier alpha value is -1.27. The number of fused-ring (bicyclic) bond motifs is 1. The lowest BCUT2D eigenvalue weighted by molar-refractivity contribution is 0.234. The molecular weight excluding hydrogens is 353 g/mol. The van der Waals surface area contributed by atoms with Crippen molar-refractivity contribution in [3.8, 4) is 5.75 Å². The van der Waals surface area contributed by atoms with Gasteiger partial charge in [-0.3, -0.25) is 10.3 Å². The SMILES string of the molecule is CCN1CCOc2ccc(NC(=N)c3cccs3)cc2C1.Cl.Cl. The maximum absolute atomic E-state index is 8.10. The molecule has 3 rings (SSSR count). The molecule has 23 heavy (non-hydrogen) atoms. The molecular formula is C16H21Cl2N3OS. The monoisotopic (exact) mass is 373 g/mol. The Morgan fingerprint density at radius 2 is 2.17 bits per heavy atom. The van der Waals surface area contributed by atoms with E-state index in [9.17, 15) is 0 Å². The maximum Gasteiger partial charge on any atom is 0.140 e. The van der Waals surface area contributed by atoms with Gasteiger partial charge in [-0.05, 0) is 36.2 Å². The summed E-state index contributed by atoms with van der Waals surface area (Å²) in [6.07, 6.45) is 0. The quantitative estimate of drug-likeness (QED) is 0.624. The third-order valence-corrected chi connectivity index (χ3v) is 4.49. The number of hydrogen-bond acceptors (Lipinski definition) is 4. The van der Waals surface area contributed by atoms with Crippen molar-refractivity contribution in [3.63, 3.8) is 0 Å². The van der Waals surface area contributed by atoms with Crippen LogP contribution in [0.3, 0.4) is 0 Å².